The van der Waals surface area contributed by atoms with Crippen LogP contribution in [0, 0.1) is 47.3 Å². The zero-order valence-corrected chi connectivity index (χ0v) is 22.3. The van der Waals surface area contributed by atoms with Crippen molar-refractivity contribution in [2.45, 2.75) is 101 Å². The number of ether oxygens (including phenoxy) is 6. The van der Waals surface area contributed by atoms with Gasteiger partial charge >= 0.3 is 5.97 Å². The molecule has 6 bridgehead atoms. The standard InChI is InChI=1S/C30H36O9/c1-12(2)27(33)34-11-21-24-25(37-29(36-24)4-3-14-9-18-17(14)10-19(29)23(18)32)26-28(35-21)39-30(38-26)16-6-13-5-15(8-16)22(31)20(30)7-13/h13-21,24-26,28H,1,3-11H2,2H3/t13?,14?,15?,16?,17?,18?,19?,20?,21-,24+,25+,26-,28-,29?,30?/m1/s1. The van der Waals surface area contributed by atoms with Crippen molar-refractivity contribution in [3.63, 3.8) is 0 Å². The average Bonchev–Trinajstić information content (AvgIpc) is 3.52. The SMILES string of the molecule is C=C(C)C(=O)OC[C@H]1O[C@@H]2OC3(O[C@@H]2[C@H]2OC4(CCC5CC6C(=O)C4CC56)O[C@H]21)C1CC2CC(C1)C(=O)C3C2. The Morgan fingerprint density at radius 3 is 2.64 bits per heavy atom. The predicted molar refractivity (Wildman–Crippen MR) is 130 cm³/mol. The van der Waals surface area contributed by atoms with Crippen LogP contribution in [0.3, 0.4) is 0 Å². The fourth-order valence-electron chi connectivity index (χ4n) is 10.3. The number of carbonyl (C=O) groups excluding carboxylic acids is 3. The lowest BCUT2D eigenvalue weighted by Gasteiger charge is -2.57. The van der Waals surface area contributed by atoms with E-state index in [1.807, 2.05) is 0 Å². The minimum absolute atomic E-state index is 0.0473. The molecule has 0 aromatic rings. The minimum Gasteiger partial charge on any atom is -0.459 e. The van der Waals surface area contributed by atoms with Crippen LogP contribution in [0.1, 0.15) is 58.3 Å². The average molecular weight is 541 g/mol. The number of Topliss-reactive ketones (excluding diaryl/α,β-unsaturated/α-hetero) is 2. The molecule has 7 aliphatic carbocycles. The van der Waals surface area contributed by atoms with E-state index in [0.29, 0.717) is 29.7 Å². The first-order valence-corrected chi connectivity index (χ1v) is 15.0. The van der Waals surface area contributed by atoms with Crippen LogP contribution in [-0.2, 0) is 42.8 Å². The predicted octanol–water partition coefficient (Wildman–Crippen LogP) is 2.69. The molecule has 10 rings (SSSR count). The van der Waals surface area contributed by atoms with Crippen LogP contribution >= 0.6 is 0 Å². The van der Waals surface area contributed by atoms with E-state index >= 15 is 0 Å². The Kier molecular flexibility index (Phi) is 4.79. The van der Waals surface area contributed by atoms with E-state index in [-0.39, 0.29) is 47.8 Å². The number of hydrogen-bond acceptors (Lipinski definition) is 9. The molecule has 39 heavy (non-hydrogen) atoms. The van der Waals surface area contributed by atoms with Gasteiger partial charge in [-0.15, -0.1) is 0 Å². The fourth-order valence-corrected chi connectivity index (χ4v) is 10.3. The van der Waals surface area contributed by atoms with Gasteiger partial charge in [-0.3, -0.25) is 9.59 Å². The van der Waals surface area contributed by atoms with E-state index in [1.54, 1.807) is 6.92 Å². The summed E-state index contributed by atoms with van der Waals surface area (Å²) in [6, 6.07) is 0. The lowest BCUT2D eigenvalue weighted by molar-refractivity contribution is -0.305. The first-order valence-electron chi connectivity index (χ1n) is 15.0. The highest BCUT2D eigenvalue weighted by Gasteiger charge is 2.73. The van der Waals surface area contributed by atoms with E-state index in [2.05, 4.69) is 6.58 Å². The van der Waals surface area contributed by atoms with Crippen molar-refractivity contribution in [3.8, 4) is 0 Å². The molecule has 0 aromatic carbocycles. The number of hydrogen-bond donors (Lipinski definition) is 0. The van der Waals surface area contributed by atoms with Crippen molar-refractivity contribution >= 4 is 17.5 Å². The summed E-state index contributed by atoms with van der Waals surface area (Å²) in [7, 11) is 0. The van der Waals surface area contributed by atoms with Crippen molar-refractivity contribution in [3.05, 3.63) is 12.2 Å². The molecular formula is C30H36O9. The lowest BCUT2D eigenvalue weighted by Crippen LogP contribution is -2.63. The Morgan fingerprint density at radius 1 is 0.949 bits per heavy atom. The molecule has 10 aliphatic rings. The Bertz CT molecular complexity index is 1180. The van der Waals surface area contributed by atoms with Crippen molar-refractivity contribution < 1.29 is 42.8 Å². The van der Waals surface area contributed by atoms with Gasteiger partial charge in [-0.2, -0.15) is 0 Å². The van der Waals surface area contributed by atoms with Crippen LogP contribution in [-0.4, -0.2) is 66.4 Å². The third-order valence-electron chi connectivity index (χ3n) is 12.1. The van der Waals surface area contributed by atoms with Crippen LogP contribution in [0.4, 0.5) is 0 Å². The summed E-state index contributed by atoms with van der Waals surface area (Å²) in [5.41, 5.74) is 0.303. The molecule has 210 valence electrons. The number of carbonyl (C=O) groups is 3. The molecule has 9 heteroatoms. The Morgan fingerprint density at radius 2 is 1.79 bits per heavy atom. The summed E-state index contributed by atoms with van der Waals surface area (Å²) in [6.45, 7) is 5.24. The Hall–Kier alpha value is -1.65. The molecule has 0 radical (unpaired) electrons. The maximum Gasteiger partial charge on any atom is 0.333 e. The quantitative estimate of drug-likeness (QED) is 0.395. The van der Waals surface area contributed by atoms with Crippen LogP contribution < -0.4 is 0 Å². The summed E-state index contributed by atoms with van der Waals surface area (Å²) in [4.78, 5) is 39.1. The number of fused-ring (bicyclic) bond motifs is 5. The van der Waals surface area contributed by atoms with Crippen molar-refractivity contribution in [1.29, 1.82) is 0 Å². The van der Waals surface area contributed by atoms with Gasteiger partial charge in [-0.05, 0) is 69.6 Å². The van der Waals surface area contributed by atoms with Gasteiger partial charge in [-0.1, -0.05) is 6.58 Å². The minimum atomic E-state index is -1.03. The molecular weight excluding hydrogens is 504 g/mol. The molecule has 3 aliphatic heterocycles. The van der Waals surface area contributed by atoms with Crippen molar-refractivity contribution in [2.24, 2.45) is 47.3 Å². The van der Waals surface area contributed by atoms with Gasteiger partial charge in [0.05, 0.1) is 11.8 Å². The Balaban J connectivity index is 1.06. The highest BCUT2D eigenvalue weighted by molar-refractivity contribution is 5.88. The second-order valence-corrected chi connectivity index (χ2v) is 14.0. The normalized spacial score (nSPS) is 57.4. The molecule has 3 heterocycles. The van der Waals surface area contributed by atoms with Gasteiger partial charge in [0.2, 0.25) is 0 Å². The van der Waals surface area contributed by atoms with E-state index in [4.69, 9.17) is 28.4 Å². The molecule has 0 N–H and O–H groups in total. The summed E-state index contributed by atoms with van der Waals surface area (Å²) in [5, 5.41) is 0. The second kappa shape index (κ2) is 7.79. The van der Waals surface area contributed by atoms with Gasteiger partial charge in [0.15, 0.2) is 17.9 Å². The molecule has 7 saturated carbocycles. The molecule has 10 unspecified atom stereocenters. The molecule has 0 aromatic heterocycles. The number of ketones is 2. The van der Waals surface area contributed by atoms with Gasteiger partial charge in [0, 0.05) is 29.7 Å². The largest absolute Gasteiger partial charge is 0.459 e. The highest BCUT2D eigenvalue weighted by Crippen LogP contribution is 2.65. The first kappa shape index (κ1) is 24.0. The van der Waals surface area contributed by atoms with Crippen LogP contribution in [0.15, 0.2) is 12.2 Å². The van der Waals surface area contributed by atoms with Gasteiger partial charge in [0.25, 0.3) is 0 Å². The van der Waals surface area contributed by atoms with Gasteiger partial charge in [-0.25, -0.2) is 4.79 Å². The fraction of sp³-hybridized carbons (Fsp3) is 0.833. The van der Waals surface area contributed by atoms with Crippen LogP contribution in [0.2, 0.25) is 0 Å². The van der Waals surface area contributed by atoms with E-state index in [9.17, 15) is 14.4 Å². The molecule has 10 fully saturated rings. The highest BCUT2D eigenvalue weighted by atomic mass is 16.9. The molecule has 15 atom stereocenters. The summed E-state index contributed by atoms with van der Waals surface area (Å²) in [6.07, 6.45) is 3.85. The molecule has 0 amide bonds. The van der Waals surface area contributed by atoms with Gasteiger partial charge in [0.1, 0.15) is 42.6 Å². The van der Waals surface area contributed by atoms with Gasteiger partial charge < -0.3 is 28.4 Å². The van der Waals surface area contributed by atoms with Crippen molar-refractivity contribution in [1.82, 2.24) is 0 Å². The van der Waals surface area contributed by atoms with E-state index in [1.165, 1.54) is 0 Å². The zero-order chi connectivity index (χ0) is 26.4. The molecule has 2 spiro atoms. The van der Waals surface area contributed by atoms with Crippen LogP contribution in [0.5, 0.6) is 0 Å². The topological polar surface area (TPSA) is 107 Å². The maximum absolute atomic E-state index is 13.4. The summed E-state index contributed by atoms with van der Waals surface area (Å²) >= 11 is 0. The molecule has 3 saturated heterocycles. The van der Waals surface area contributed by atoms with E-state index < -0.39 is 48.2 Å². The number of esters is 1. The zero-order valence-electron chi connectivity index (χ0n) is 22.3. The molecule has 9 nitrogen and oxygen atoms in total. The number of rotatable bonds is 3. The monoisotopic (exact) mass is 540 g/mol. The van der Waals surface area contributed by atoms with Crippen molar-refractivity contribution in [2.75, 3.05) is 6.61 Å². The van der Waals surface area contributed by atoms with E-state index in [0.717, 1.165) is 44.9 Å². The third-order valence-corrected chi connectivity index (χ3v) is 12.1. The second-order valence-electron chi connectivity index (χ2n) is 14.0. The summed E-state index contributed by atoms with van der Waals surface area (Å²) < 4.78 is 39.2. The lowest BCUT2D eigenvalue weighted by atomic mass is 9.52. The first-order chi connectivity index (χ1) is 18.8. The summed E-state index contributed by atoms with van der Waals surface area (Å²) in [5.74, 6) is -0.656. The smallest absolute Gasteiger partial charge is 0.333 e. The third kappa shape index (κ3) is 3.01. The maximum atomic E-state index is 13.4. The van der Waals surface area contributed by atoms with Crippen LogP contribution in [0.25, 0.3) is 0 Å². The Labute approximate surface area is 227 Å².